The molecule has 0 fully saturated rings. The summed E-state index contributed by atoms with van der Waals surface area (Å²) < 4.78 is 20.5. The largest absolute Gasteiger partial charge is 0.485 e. The summed E-state index contributed by atoms with van der Waals surface area (Å²) in [6.07, 6.45) is 5.71. The molecule has 6 nitrogen and oxygen atoms in total. The molecule has 1 N–H and O–H groups in total. The zero-order valence-corrected chi connectivity index (χ0v) is 12.8. The van der Waals surface area contributed by atoms with Crippen LogP contribution in [-0.2, 0) is 6.61 Å². The summed E-state index contributed by atoms with van der Waals surface area (Å²) in [5, 5.41) is 9.11. The fourth-order valence-corrected chi connectivity index (χ4v) is 2.29. The van der Waals surface area contributed by atoms with E-state index in [2.05, 4.69) is 9.97 Å². The Morgan fingerprint density at radius 1 is 1.38 bits per heavy atom. The highest BCUT2D eigenvalue weighted by molar-refractivity contribution is 5.87. The molecule has 3 aromatic heterocycles. The van der Waals surface area contributed by atoms with Crippen LogP contribution in [-0.4, -0.2) is 25.6 Å². The predicted octanol–water partition coefficient (Wildman–Crippen LogP) is 2.99. The molecule has 7 heteroatoms. The molecule has 0 spiro atoms. The molecule has 0 aliphatic carbocycles. The van der Waals surface area contributed by atoms with Crippen molar-refractivity contribution in [1.29, 1.82) is 0 Å². The van der Waals surface area contributed by atoms with E-state index in [-0.39, 0.29) is 12.2 Å². The van der Waals surface area contributed by atoms with Crippen LogP contribution in [0.4, 0.5) is 4.39 Å². The van der Waals surface area contributed by atoms with Gasteiger partial charge in [0.2, 0.25) is 0 Å². The van der Waals surface area contributed by atoms with Gasteiger partial charge in [-0.25, -0.2) is 14.2 Å². The topological polar surface area (TPSA) is 77.2 Å². The number of carboxylic acids is 1. The highest BCUT2D eigenvalue weighted by Crippen LogP contribution is 2.24. The molecule has 0 aliphatic rings. The first-order valence-electron chi connectivity index (χ1n) is 7.14. The van der Waals surface area contributed by atoms with Gasteiger partial charge in [-0.05, 0) is 31.2 Å². The number of rotatable bonds is 5. The van der Waals surface area contributed by atoms with Crippen molar-refractivity contribution in [2.45, 2.75) is 13.5 Å². The van der Waals surface area contributed by atoms with Gasteiger partial charge in [0.05, 0.1) is 11.8 Å². The van der Waals surface area contributed by atoms with Crippen molar-refractivity contribution in [1.82, 2.24) is 14.5 Å². The smallest absolute Gasteiger partial charge is 0.337 e. The Morgan fingerprint density at radius 3 is 2.92 bits per heavy atom. The molecule has 0 bridgehead atoms. The molecule has 0 unspecified atom stereocenters. The number of halogens is 1. The van der Waals surface area contributed by atoms with Crippen molar-refractivity contribution < 1.29 is 19.0 Å². The zero-order valence-electron chi connectivity index (χ0n) is 12.8. The first-order chi connectivity index (χ1) is 11.5. The van der Waals surface area contributed by atoms with Crippen molar-refractivity contribution in [2.75, 3.05) is 0 Å². The molecule has 0 aliphatic heterocycles. The number of carboxylic acid groups (broad SMARTS) is 1. The van der Waals surface area contributed by atoms with Crippen LogP contribution in [0.1, 0.15) is 21.6 Å². The Morgan fingerprint density at radius 2 is 2.21 bits per heavy atom. The lowest BCUT2D eigenvalue weighted by molar-refractivity contribution is 0.0697. The van der Waals surface area contributed by atoms with Crippen LogP contribution in [0.25, 0.3) is 5.82 Å². The number of aromatic carboxylic acids is 1. The van der Waals surface area contributed by atoms with E-state index >= 15 is 0 Å². The van der Waals surface area contributed by atoms with Crippen LogP contribution >= 0.6 is 0 Å². The Bertz CT molecular complexity index is 892. The van der Waals surface area contributed by atoms with Gasteiger partial charge in [-0.2, -0.15) is 0 Å². The molecular weight excluding hydrogens is 313 g/mol. The summed E-state index contributed by atoms with van der Waals surface area (Å²) in [6, 6.07) is 6.32. The fraction of sp³-hybridized carbons (Fsp3) is 0.118. The molecule has 24 heavy (non-hydrogen) atoms. The van der Waals surface area contributed by atoms with Crippen molar-refractivity contribution in [3.05, 3.63) is 71.7 Å². The average molecular weight is 327 g/mol. The summed E-state index contributed by atoms with van der Waals surface area (Å²) in [4.78, 5) is 19.2. The summed E-state index contributed by atoms with van der Waals surface area (Å²) in [6.45, 7) is 1.90. The van der Waals surface area contributed by atoms with Gasteiger partial charge in [0.1, 0.15) is 12.4 Å². The maximum absolute atomic E-state index is 13.2. The average Bonchev–Trinajstić information content (AvgIpc) is 2.95. The van der Waals surface area contributed by atoms with Crippen LogP contribution in [0.3, 0.4) is 0 Å². The summed E-state index contributed by atoms with van der Waals surface area (Å²) >= 11 is 0. The van der Waals surface area contributed by atoms with E-state index in [9.17, 15) is 9.18 Å². The third kappa shape index (κ3) is 3.24. The second-order valence-corrected chi connectivity index (χ2v) is 5.17. The maximum Gasteiger partial charge on any atom is 0.337 e. The summed E-state index contributed by atoms with van der Waals surface area (Å²) in [5.41, 5.74) is 1.46. The number of carbonyl (C=O) groups is 1. The molecule has 122 valence electrons. The standard InChI is InChI=1S/C17H14FN3O3/c1-11-5-13(17(22)23)9-21(11)16-15(3-2-4-20-16)24-10-12-6-14(18)8-19-7-12/h2-9H,10H2,1H3,(H,22,23). The van der Waals surface area contributed by atoms with Crippen molar-refractivity contribution >= 4 is 5.97 Å². The van der Waals surface area contributed by atoms with Crippen LogP contribution in [0.15, 0.2) is 49.1 Å². The number of hydrogen-bond acceptors (Lipinski definition) is 4. The Kier molecular flexibility index (Phi) is 4.24. The molecule has 3 aromatic rings. The Labute approximate surface area is 137 Å². The van der Waals surface area contributed by atoms with E-state index < -0.39 is 11.8 Å². The molecule has 0 radical (unpaired) electrons. The molecular formula is C17H14FN3O3. The monoisotopic (exact) mass is 327 g/mol. The van der Waals surface area contributed by atoms with Crippen LogP contribution in [0.2, 0.25) is 0 Å². The second kappa shape index (κ2) is 6.49. The van der Waals surface area contributed by atoms with Gasteiger partial charge in [0.25, 0.3) is 0 Å². The highest BCUT2D eigenvalue weighted by Gasteiger charge is 2.14. The molecule has 0 atom stereocenters. The minimum atomic E-state index is -1.01. The first-order valence-corrected chi connectivity index (χ1v) is 7.14. The van der Waals surface area contributed by atoms with Crippen LogP contribution in [0.5, 0.6) is 5.75 Å². The number of pyridine rings is 2. The number of nitrogens with zero attached hydrogens (tertiary/aromatic N) is 3. The molecule has 0 saturated carbocycles. The van der Waals surface area contributed by atoms with Gasteiger partial charge in [-0.3, -0.25) is 4.98 Å². The van der Waals surface area contributed by atoms with E-state index in [1.165, 1.54) is 18.5 Å². The molecule has 3 rings (SSSR count). The second-order valence-electron chi connectivity index (χ2n) is 5.17. The summed E-state index contributed by atoms with van der Waals surface area (Å²) in [7, 11) is 0. The predicted molar refractivity (Wildman–Crippen MR) is 83.8 cm³/mol. The van der Waals surface area contributed by atoms with Crippen LogP contribution < -0.4 is 4.74 Å². The van der Waals surface area contributed by atoms with Gasteiger partial charge >= 0.3 is 5.97 Å². The van der Waals surface area contributed by atoms with Crippen molar-refractivity contribution in [3.8, 4) is 11.6 Å². The van der Waals surface area contributed by atoms with Crippen molar-refractivity contribution in [2.24, 2.45) is 0 Å². The Balaban J connectivity index is 1.89. The van der Waals surface area contributed by atoms with E-state index in [1.807, 2.05) is 0 Å². The van der Waals surface area contributed by atoms with Gasteiger partial charge in [-0.15, -0.1) is 0 Å². The lowest BCUT2D eigenvalue weighted by Crippen LogP contribution is -2.04. The number of aromatic nitrogens is 3. The van der Waals surface area contributed by atoms with Gasteiger partial charge in [-0.1, -0.05) is 0 Å². The van der Waals surface area contributed by atoms with E-state index in [0.717, 1.165) is 6.20 Å². The lowest BCUT2D eigenvalue weighted by atomic mass is 10.3. The third-order valence-electron chi connectivity index (χ3n) is 3.39. The SMILES string of the molecule is Cc1cc(C(=O)O)cn1-c1ncccc1OCc1cncc(F)c1. The number of ether oxygens (including phenoxy) is 1. The van der Waals surface area contributed by atoms with E-state index in [1.54, 1.807) is 35.9 Å². The van der Waals surface area contributed by atoms with E-state index in [4.69, 9.17) is 9.84 Å². The third-order valence-corrected chi connectivity index (χ3v) is 3.39. The normalized spacial score (nSPS) is 10.6. The fourth-order valence-electron chi connectivity index (χ4n) is 2.29. The lowest BCUT2D eigenvalue weighted by Gasteiger charge is -2.12. The molecule has 0 amide bonds. The zero-order chi connectivity index (χ0) is 17.1. The Hall–Kier alpha value is -3.22. The first kappa shape index (κ1) is 15.7. The maximum atomic E-state index is 13.2. The molecule has 3 heterocycles. The minimum absolute atomic E-state index is 0.121. The van der Waals surface area contributed by atoms with E-state index in [0.29, 0.717) is 22.8 Å². The van der Waals surface area contributed by atoms with Crippen LogP contribution in [0, 0.1) is 12.7 Å². The molecule has 0 saturated heterocycles. The van der Waals surface area contributed by atoms with Gasteiger partial charge in [0, 0.05) is 29.8 Å². The summed E-state index contributed by atoms with van der Waals surface area (Å²) in [5.74, 6) is -0.528. The van der Waals surface area contributed by atoms with Gasteiger partial charge < -0.3 is 14.4 Å². The number of hydrogen-bond donors (Lipinski definition) is 1. The number of aryl methyl sites for hydroxylation is 1. The quantitative estimate of drug-likeness (QED) is 0.779. The molecule has 0 aromatic carbocycles. The minimum Gasteiger partial charge on any atom is -0.485 e. The van der Waals surface area contributed by atoms with Crippen molar-refractivity contribution in [3.63, 3.8) is 0 Å². The van der Waals surface area contributed by atoms with Gasteiger partial charge in [0.15, 0.2) is 11.6 Å². The highest BCUT2D eigenvalue weighted by atomic mass is 19.1.